The Morgan fingerprint density at radius 1 is 1.22 bits per heavy atom. The van der Waals surface area contributed by atoms with E-state index in [9.17, 15) is 0 Å². The Bertz CT molecular complexity index is 525. The molecular formula is C15H17BrN2. The third-order valence-corrected chi connectivity index (χ3v) is 3.32. The predicted octanol–water partition coefficient (Wildman–Crippen LogP) is 4.18. The fourth-order valence-electron chi connectivity index (χ4n) is 1.97. The van der Waals surface area contributed by atoms with E-state index in [0.717, 1.165) is 17.6 Å². The van der Waals surface area contributed by atoms with Gasteiger partial charge in [-0.1, -0.05) is 12.1 Å². The van der Waals surface area contributed by atoms with Crippen LogP contribution >= 0.6 is 15.9 Å². The zero-order valence-electron chi connectivity index (χ0n) is 10.7. The summed E-state index contributed by atoms with van der Waals surface area (Å²) in [5.41, 5.74) is 3.77. The van der Waals surface area contributed by atoms with Crippen LogP contribution in [0.4, 0.5) is 5.69 Å². The van der Waals surface area contributed by atoms with Crippen molar-refractivity contribution in [3.05, 3.63) is 58.3 Å². The van der Waals surface area contributed by atoms with Crippen molar-refractivity contribution in [1.82, 2.24) is 4.98 Å². The molecule has 2 nitrogen and oxygen atoms in total. The molecule has 2 aromatic rings. The number of rotatable bonds is 4. The molecule has 3 heteroatoms. The lowest BCUT2D eigenvalue weighted by atomic mass is 10.2. The summed E-state index contributed by atoms with van der Waals surface area (Å²) in [6.45, 7) is 6.16. The number of halogens is 1. The van der Waals surface area contributed by atoms with Crippen molar-refractivity contribution in [2.75, 3.05) is 11.4 Å². The first kappa shape index (κ1) is 13.1. The molecular weight excluding hydrogens is 288 g/mol. The average molecular weight is 305 g/mol. The molecule has 94 valence electrons. The smallest absolute Gasteiger partial charge is 0.0445 e. The summed E-state index contributed by atoms with van der Waals surface area (Å²) < 4.78 is 1.03. The van der Waals surface area contributed by atoms with E-state index >= 15 is 0 Å². The standard InChI is InChI=1S/C15H17BrN2/c1-3-18(15-6-4-5-12(2)7-15)11-13-8-14(16)10-17-9-13/h4-10H,3,11H2,1-2H3. The van der Waals surface area contributed by atoms with Crippen LogP contribution < -0.4 is 4.90 Å². The molecule has 0 atom stereocenters. The van der Waals surface area contributed by atoms with E-state index in [0.29, 0.717) is 0 Å². The van der Waals surface area contributed by atoms with Gasteiger partial charge in [0.2, 0.25) is 0 Å². The van der Waals surface area contributed by atoms with Gasteiger partial charge in [0.05, 0.1) is 0 Å². The third kappa shape index (κ3) is 3.33. The molecule has 0 amide bonds. The highest BCUT2D eigenvalue weighted by Gasteiger charge is 2.06. The van der Waals surface area contributed by atoms with E-state index in [-0.39, 0.29) is 0 Å². The van der Waals surface area contributed by atoms with Crippen LogP contribution in [-0.2, 0) is 6.54 Å². The number of hydrogen-bond donors (Lipinski definition) is 0. The van der Waals surface area contributed by atoms with Crippen LogP contribution in [0, 0.1) is 6.92 Å². The minimum atomic E-state index is 0.881. The summed E-state index contributed by atoms with van der Waals surface area (Å²) in [6.07, 6.45) is 3.73. The first-order valence-electron chi connectivity index (χ1n) is 6.10. The van der Waals surface area contributed by atoms with E-state index in [4.69, 9.17) is 0 Å². The summed E-state index contributed by atoms with van der Waals surface area (Å²) in [5, 5.41) is 0. The molecule has 0 unspecified atom stereocenters. The number of benzene rings is 1. The molecule has 0 saturated heterocycles. The van der Waals surface area contributed by atoms with E-state index in [1.807, 2.05) is 12.4 Å². The van der Waals surface area contributed by atoms with Crippen LogP contribution in [0.5, 0.6) is 0 Å². The van der Waals surface area contributed by atoms with Gasteiger partial charge in [-0.3, -0.25) is 4.98 Å². The molecule has 1 aromatic heterocycles. The van der Waals surface area contributed by atoms with Crippen LogP contribution in [0.1, 0.15) is 18.1 Å². The van der Waals surface area contributed by atoms with Gasteiger partial charge in [-0.15, -0.1) is 0 Å². The molecule has 0 N–H and O–H groups in total. The molecule has 0 saturated carbocycles. The Kier molecular flexibility index (Phi) is 4.37. The summed E-state index contributed by atoms with van der Waals surface area (Å²) in [5.74, 6) is 0. The molecule has 0 fully saturated rings. The monoisotopic (exact) mass is 304 g/mol. The Labute approximate surface area is 117 Å². The second kappa shape index (κ2) is 6.01. The normalized spacial score (nSPS) is 10.4. The molecule has 18 heavy (non-hydrogen) atoms. The predicted molar refractivity (Wildman–Crippen MR) is 79.8 cm³/mol. The minimum absolute atomic E-state index is 0.881. The number of anilines is 1. The minimum Gasteiger partial charge on any atom is -0.367 e. The number of aromatic nitrogens is 1. The lowest BCUT2D eigenvalue weighted by molar-refractivity contribution is 0.827. The second-order valence-electron chi connectivity index (χ2n) is 4.36. The molecule has 1 heterocycles. The average Bonchev–Trinajstić information content (AvgIpc) is 2.36. The topological polar surface area (TPSA) is 16.1 Å². The SMILES string of the molecule is CCN(Cc1cncc(Br)c1)c1cccc(C)c1. The molecule has 1 aromatic carbocycles. The molecule has 0 radical (unpaired) electrons. The summed E-state index contributed by atoms with van der Waals surface area (Å²) in [6, 6.07) is 10.7. The highest BCUT2D eigenvalue weighted by Crippen LogP contribution is 2.19. The Hall–Kier alpha value is -1.35. The lowest BCUT2D eigenvalue weighted by Crippen LogP contribution is -2.22. The zero-order valence-corrected chi connectivity index (χ0v) is 12.3. The van der Waals surface area contributed by atoms with Gasteiger partial charge in [-0.25, -0.2) is 0 Å². The van der Waals surface area contributed by atoms with Crippen molar-refractivity contribution in [3.63, 3.8) is 0 Å². The summed E-state index contributed by atoms with van der Waals surface area (Å²) in [7, 11) is 0. The van der Waals surface area contributed by atoms with Crippen molar-refractivity contribution >= 4 is 21.6 Å². The van der Waals surface area contributed by atoms with Crippen molar-refractivity contribution in [3.8, 4) is 0 Å². The first-order valence-corrected chi connectivity index (χ1v) is 6.89. The maximum atomic E-state index is 4.21. The molecule has 0 aliphatic rings. The van der Waals surface area contributed by atoms with E-state index in [1.54, 1.807) is 0 Å². The van der Waals surface area contributed by atoms with Gasteiger partial charge in [0.1, 0.15) is 0 Å². The number of nitrogens with zero attached hydrogens (tertiary/aromatic N) is 2. The Morgan fingerprint density at radius 3 is 2.72 bits per heavy atom. The van der Waals surface area contributed by atoms with Gasteiger partial charge in [0.25, 0.3) is 0 Å². The van der Waals surface area contributed by atoms with Gasteiger partial charge in [0, 0.05) is 35.6 Å². The van der Waals surface area contributed by atoms with Crippen molar-refractivity contribution in [2.45, 2.75) is 20.4 Å². The molecule has 0 aliphatic heterocycles. The van der Waals surface area contributed by atoms with E-state index in [1.165, 1.54) is 16.8 Å². The fourth-order valence-corrected chi connectivity index (χ4v) is 2.39. The van der Waals surface area contributed by atoms with Crippen molar-refractivity contribution in [1.29, 1.82) is 0 Å². The molecule has 0 bridgehead atoms. The highest BCUT2D eigenvalue weighted by atomic mass is 79.9. The summed E-state index contributed by atoms with van der Waals surface area (Å²) >= 11 is 3.46. The van der Waals surface area contributed by atoms with Gasteiger partial charge < -0.3 is 4.90 Å². The van der Waals surface area contributed by atoms with Crippen LogP contribution in [-0.4, -0.2) is 11.5 Å². The molecule has 2 rings (SSSR count). The van der Waals surface area contributed by atoms with Gasteiger partial charge in [-0.05, 0) is 59.1 Å². The van der Waals surface area contributed by atoms with Crippen LogP contribution in [0.2, 0.25) is 0 Å². The summed E-state index contributed by atoms with van der Waals surface area (Å²) in [4.78, 5) is 6.55. The van der Waals surface area contributed by atoms with Crippen molar-refractivity contribution in [2.24, 2.45) is 0 Å². The Morgan fingerprint density at radius 2 is 2.06 bits per heavy atom. The quantitative estimate of drug-likeness (QED) is 0.842. The van der Waals surface area contributed by atoms with E-state index in [2.05, 4.69) is 70.0 Å². The molecule has 0 spiro atoms. The van der Waals surface area contributed by atoms with Gasteiger partial charge in [-0.2, -0.15) is 0 Å². The zero-order chi connectivity index (χ0) is 13.0. The second-order valence-corrected chi connectivity index (χ2v) is 5.28. The van der Waals surface area contributed by atoms with E-state index < -0.39 is 0 Å². The van der Waals surface area contributed by atoms with Crippen LogP contribution in [0.3, 0.4) is 0 Å². The van der Waals surface area contributed by atoms with Crippen molar-refractivity contribution < 1.29 is 0 Å². The van der Waals surface area contributed by atoms with Crippen LogP contribution in [0.25, 0.3) is 0 Å². The van der Waals surface area contributed by atoms with Crippen LogP contribution in [0.15, 0.2) is 47.2 Å². The maximum absolute atomic E-state index is 4.21. The number of pyridine rings is 1. The van der Waals surface area contributed by atoms with Gasteiger partial charge >= 0.3 is 0 Å². The lowest BCUT2D eigenvalue weighted by Gasteiger charge is -2.23. The first-order chi connectivity index (χ1) is 8.69. The molecule has 0 aliphatic carbocycles. The third-order valence-electron chi connectivity index (χ3n) is 2.88. The largest absolute Gasteiger partial charge is 0.367 e. The number of aryl methyl sites for hydroxylation is 1. The van der Waals surface area contributed by atoms with Gasteiger partial charge in [0.15, 0.2) is 0 Å². The fraction of sp³-hybridized carbons (Fsp3) is 0.267. The highest BCUT2D eigenvalue weighted by molar-refractivity contribution is 9.10. The number of hydrogen-bond acceptors (Lipinski definition) is 2. The Balaban J connectivity index is 2.19. The maximum Gasteiger partial charge on any atom is 0.0445 e.